The first-order valence-electron chi connectivity index (χ1n) is 13.1. The van der Waals surface area contributed by atoms with E-state index in [9.17, 15) is 18.0 Å². The normalized spacial score (nSPS) is 27.3. The lowest BCUT2D eigenvalue weighted by molar-refractivity contribution is -0.143. The van der Waals surface area contributed by atoms with Crippen molar-refractivity contribution in [3.8, 4) is 0 Å². The van der Waals surface area contributed by atoms with Crippen LogP contribution < -0.4 is 0 Å². The molecule has 14 heteroatoms. The van der Waals surface area contributed by atoms with Gasteiger partial charge in [-0.25, -0.2) is 18.2 Å². The van der Waals surface area contributed by atoms with Crippen LogP contribution in [0.1, 0.15) is 19.3 Å². The molecule has 208 valence electrons. The van der Waals surface area contributed by atoms with Crippen LogP contribution in [0.4, 0.5) is 4.79 Å². The predicted molar refractivity (Wildman–Crippen MR) is 146 cm³/mol. The Morgan fingerprint density at radius 2 is 1.90 bits per heavy atom. The quantitative estimate of drug-likeness (QED) is 0.529. The van der Waals surface area contributed by atoms with Crippen LogP contribution in [-0.4, -0.2) is 121 Å². The predicted octanol–water partition coefficient (Wildman–Crippen LogP) is 2.08. The van der Waals surface area contributed by atoms with Gasteiger partial charge in [-0.2, -0.15) is 4.31 Å². The number of carbonyl (C=O) groups excluding carboxylic acids is 2. The average molecular weight is 593 g/mol. The Morgan fingerprint density at radius 3 is 2.64 bits per heavy atom. The fourth-order valence-corrected chi connectivity index (χ4v) is 10.1. The van der Waals surface area contributed by atoms with E-state index in [-0.39, 0.29) is 35.8 Å². The number of fused-ring (bicyclic) bond motifs is 2. The first-order chi connectivity index (χ1) is 18.6. The average Bonchev–Trinajstić information content (AvgIpc) is 3.54. The summed E-state index contributed by atoms with van der Waals surface area (Å²) in [7, 11) is -2.27. The number of ether oxygens (including phenoxy) is 1. The zero-order valence-corrected chi connectivity index (χ0v) is 23.9. The highest BCUT2D eigenvalue weighted by Gasteiger charge is 2.69. The lowest BCUT2D eigenvalue weighted by Crippen LogP contribution is -2.68. The summed E-state index contributed by atoms with van der Waals surface area (Å²) in [6.07, 6.45) is 2.19. The molecule has 4 saturated heterocycles. The van der Waals surface area contributed by atoms with Crippen molar-refractivity contribution in [3.63, 3.8) is 0 Å². The number of likely N-dealkylation sites (N-methyl/N-ethyl adjacent to an activating group) is 1. The number of aliphatic imine (C=N–C) groups is 1. The summed E-state index contributed by atoms with van der Waals surface area (Å²) in [6.45, 7) is 3.14. The van der Waals surface area contributed by atoms with Crippen molar-refractivity contribution in [1.82, 2.24) is 23.9 Å². The van der Waals surface area contributed by atoms with Crippen molar-refractivity contribution in [2.75, 3.05) is 59.5 Å². The number of piperidine rings is 1. The summed E-state index contributed by atoms with van der Waals surface area (Å²) in [6, 6.07) is 7.38. The molecule has 3 amide bonds. The van der Waals surface area contributed by atoms with Gasteiger partial charge in [-0.3, -0.25) is 9.69 Å². The Kier molecular flexibility index (Phi) is 5.65. The highest BCUT2D eigenvalue weighted by molar-refractivity contribution is 7.91. The number of sulfonamides is 1. The molecule has 1 aromatic heterocycles. The SMILES string of the molecule is CN1CC23CN(S(=O)(=O)c4cc5ccc(Cl)cc5s4)CC(=O)N2CC2(CCN(C4=NCCCO4)CC2)N3C1=O. The molecule has 2 spiro atoms. The number of hydrogen-bond donors (Lipinski definition) is 0. The standard InChI is InChI=1S/C25H29ClN6O5S2/c1-28-15-25-16-30(39(35,36)21-11-17-3-4-18(26)12-19(17)38-21)13-20(33)31(25)14-24(32(25)23(28)34)5-8-29(9-6-24)22-27-7-2-10-37-22/h3-4,11-12H,2,5-10,13-16H2,1H3. The maximum absolute atomic E-state index is 13.9. The van der Waals surface area contributed by atoms with Crippen LogP contribution >= 0.6 is 22.9 Å². The molecular formula is C25H29ClN6O5S2. The number of amidine groups is 1. The van der Waals surface area contributed by atoms with Crippen molar-refractivity contribution in [3.05, 3.63) is 29.3 Å². The number of likely N-dealkylation sites (tertiary alicyclic amines) is 1. The molecule has 1 aromatic carbocycles. The van der Waals surface area contributed by atoms with Gasteiger partial charge in [0.15, 0.2) is 5.66 Å². The van der Waals surface area contributed by atoms with Gasteiger partial charge in [0.2, 0.25) is 5.91 Å². The number of carbonyl (C=O) groups is 2. The molecule has 1 unspecified atom stereocenters. The highest BCUT2D eigenvalue weighted by Crippen LogP contribution is 2.50. The number of urea groups is 1. The number of nitrogens with zero attached hydrogens (tertiary/aromatic N) is 6. The number of piperazine rings is 1. The number of hydrogen-bond acceptors (Lipinski definition) is 8. The smallest absolute Gasteiger partial charge is 0.322 e. The Balaban J connectivity index is 1.21. The summed E-state index contributed by atoms with van der Waals surface area (Å²) in [5.74, 6) is -0.277. The molecule has 2 aromatic rings. The maximum Gasteiger partial charge on any atom is 0.322 e. The van der Waals surface area contributed by atoms with Gasteiger partial charge in [0.25, 0.3) is 16.0 Å². The second-order valence-corrected chi connectivity index (χ2v) is 14.7. The summed E-state index contributed by atoms with van der Waals surface area (Å²) >= 11 is 7.26. The monoisotopic (exact) mass is 592 g/mol. The molecule has 4 fully saturated rings. The van der Waals surface area contributed by atoms with E-state index in [1.54, 1.807) is 41.1 Å². The second kappa shape index (κ2) is 8.69. The molecule has 0 aliphatic carbocycles. The van der Waals surface area contributed by atoms with Crippen molar-refractivity contribution in [2.24, 2.45) is 4.99 Å². The Morgan fingerprint density at radius 1 is 1.10 bits per heavy atom. The van der Waals surface area contributed by atoms with Crippen LogP contribution in [0.25, 0.3) is 10.1 Å². The summed E-state index contributed by atoms with van der Waals surface area (Å²) in [5, 5.41) is 1.31. The van der Waals surface area contributed by atoms with Gasteiger partial charge in [0.1, 0.15) is 4.21 Å². The van der Waals surface area contributed by atoms with Crippen LogP contribution in [0, 0.1) is 0 Å². The lowest BCUT2D eigenvalue weighted by Gasteiger charge is -2.48. The number of rotatable bonds is 2. The number of halogens is 1. The third kappa shape index (κ3) is 3.69. The van der Waals surface area contributed by atoms with Gasteiger partial charge in [-0.05, 0) is 36.4 Å². The molecule has 11 nitrogen and oxygen atoms in total. The third-order valence-corrected chi connectivity index (χ3v) is 12.3. The third-order valence-electron chi connectivity index (χ3n) is 8.69. The second-order valence-electron chi connectivity index (χ2n) is 11.0. The van der Waals surface area contributed by atoms with E-state index in [1.807, 2.05) is 4.90 Å². The first kappa shape index (κ1) is 25.4. The van der Waals surface area contributed by atoms with Crippen LogP contribution in [0.2, 0.25) is 5.02 Å². The minimum absolute atomic E-state index is 0.0352. The lowest BCUT2D eigenvalue weighted by atomic mass is 9.86. The van der Waals surface area contributed by atoms with E-state index in [1.165, 1.54) is 4.31 Å². The Bertz CT molecular complexity index is 1520. The van der Waals surface area contributed by atoms with Gasteiger partial charge in [-0.15, -0.1) is 11.3 Å². The Hall–Kier alpha value is -2.61. The fourth-order valence-electron chi connectivity index (χ4n) is 6.87. The molecular weight excluding hydrogens is 564 g/mol. The number of thiophene rings is 1. The summed E-state index contributed by atoms with van der Waals surface area (Å²) < 4.78 is 35.7. The van der Waals surface area contributed by atoms with Crippen molar-refractivity contribution >= 4 is 61.0 Å². The molecule has 0 radical (unpaired) electrons. The van der Waals surface area contributed by atoms with E-state index >= 15 is 0 Å². The molecule has 7 rings (SSSR count). The van der Waals surface area contributed by atoms with Crippen molar-refractivity contribution in [1.29, 1.82) is 0 Å². The van der Waals surface area contributed by atoms with E-state index in [0.29, 0.717) is 50.1 Å². The van der Waals surface area contributed by atoms with E-state index < -0.39 is 21.2 Å². The minimum atomic E-state index is -3.99. The molecule has 5 aliphatic rings. The molecule has 0 bridgehead atoms. The van der Waals surface area contributed by atoms with Gasteiger partial charge in [0.05, 0.1) is 31.8 Å². The summed E-state index contributed by atoms with van der Waals surface area (Å²) in [4.78, 5) is 39.2. The van der Waals surface area contributed by atoms with Gasteiger partial charge < -0.3 is 19.4 Å². The van der Waals surface area contributed by atoms with E-state index in [2.05, 4.69) is 9.89 Å². The van der Waals surface area contributed by atoms with Crippen LogP contribution in [0.3, 0.4) is 0 Å². The summed E-state index contributed by atoms with van der Waals surface area (Å²) in [5.41, 5.74) is -1.62. The molecule has 0 N–H and O–H groups in total. The van der Waals surface area contributed by atoms with Gasteiger partial charge >= 0.3 is 6.03 Å². The van der Waals surface area contributed by atoms with Gasteiger partial charge in [-0.1, -0.05) is 17.7 Å². The van der Waals surface area contributed by atoms with E-state index in [0.717, 1.165) is 34.4 Å². The molecule has 1 atom stereocenters. The zero-order valence-electron chi connectivity index (χ0n) is 21.5. The maximum atomic E-state index is 13.9. The van der Waals surface area contributed by atoms with E-state index in [4.69, 9.17) is 16.3 Å². The molecule has 6 heterocycles. The van der Waals surface area contributed by atoms with Gasteiger partial charge in [0, 0.05) is 49.4 Å². The largest absolute Gasteiger partial charge is 0.465 e. The molecule has 39 heavy (non-hydrogen) atoms. The topological polar surface area (TPSA) is 106 Å². The number of benzene rings is 1. The highest BCUT2D eigenvalue weighted by atomic mass is 35.5. The van der Waals surface area contributed by atoms with Crippen LogP contribution in [-0.2, 0) is 19.6 Å². The minimum Gasteiger partial charge on any atom is -0.465 e. The molecule has 0 saturated carbocycles. The Labute approximate surface area is 235 Å². The number of amides is 3. The van der Waals surface area contributed by atoms with Crippen molar-refractivity contribution < 1.29 is 22.7 Å². The molecule has 5 aliphatic heterocycles. The fraction of sp³-hybridized carbons (Fsp3) is 0.560. The van der Waals surface area contributed by atoms with Crippen molar-refractivity contribution in [2.45, 2.75) is 34.7 Å². The van der Waals surface area contributed by atoms with Crippen LogP contribution in [0.15, 0.2) is 33.5 Å². The van der Waals surface area contributed by atoms with Crippen LogP contribution in [0.5, 0.6) is 0 Å². The first-order valence-corrected chi connectivity index (χ1v) is 15.7. The zero-order chi connectivity index (χ0) is 27.2.